The Labute approximate surface area is 74.0 Å². The molecule has 0 bridgehead atoms. The van der Waals surface area contributed by atoms with Crippen LogP contribution in [0.15, 0.2) is 12.7 Å². The van der Waals surface area contributed by atoms with Crippen LogP contribution in [-0.4, -0.2) is 30.7 Å². The highest BCUT2D eigenvalue weighted by Gasteiger charge is 2.10. The number of hydrogen-bond donors (Lipinski definition) is 0. The van der Waals surface area contributed by atoms with Gasteiger partial charge in [0.15, 0.2) is 0 Å². The lowest BCUT2D eigenvalue weighted by Crippen LogP contribution is -2.32. The number of hydrogen-bond acceptors (Lipinski definition) is 2. The molecular weight excluding hydrogens is 154 g/mol. The summed E-state index contributed by atoms with van der Waals surface area (Å²) in [5, 5.41) is 0. The molecular formula is C9H17NO2. The maximum Gasteiger partial charge on any atom is 0.410 e. The molecule has 1 amide bonds. The van der Waals surface area contributed by atoms with Gasteiger partial charge in [-0.15, -0.1) is 6.58 Å². The minimum Gasteiger partial charge on any atom is -0.450 e. The summed E-state index contributed by atoms with van der Waals surface area (Å²) >= 11 is 0. The van der Waals surface area contributed by atoms with Crippen LogP contribution in [0.2, 0.25) is 0 Å². The van der Waals surface area contributed by atoms with Crippen LogP contribution in [0.3, 0.4) is 0 Å². The van der Waals surface area contributed by atoms with E-state index in [2.05, 4.69) is 6.58 Å². The topological polar surface area (TPSA) is 29.5 Å². The molecule has 0 aromatic rings. The monoisotopic (exact) mass is 171 g/mol. The zero-order valence-corrected chi connectivity index (χ0v) is 7.88. The lowest BCUT2D eigenvalue weighted by Gasteiger charge is -2.18. The molecule has 0 radical (unpaired) electrons. The molecule has 0 aromatic heterocycles. The Kier molecular flexibility index (Phi) is 6.15. The summed E-state index contributed by atoms with van der Waals surface area (Å²) in [7, 11) is 0. The zero-order chi connectivity index (χ0) is 9.40. The summed E-state index contributed by atoms with van der Waals surface area (Å²) in [6.07, 6.45) is 2.39. The fourth-order valence-electron chi connectivity index (χ4n) is 0.898. The molecule has 12 heavy (non-hydrogen) atoms. The molecule has 0 aliphatic carbocycles. The molecule has 0 atom stereocenters. The Morgan fingerprint density at radius 1 is 1.58 bits per heavy atom. The number of rotatable bonds is 5. The van der Waals surface area contributed by atoms with Crippen molar-refractivity contribution in [2.45, 2.75) is 20.3 Å². The summed E-state index contributed by atoms with van der Waals surface area (Å²) in [5.74, 6) is 0. The van der Waals surface area contributed by atoms with Gasteiger partial charge in [-0.25, -0.2) is 4.79 Å². The fourth-order valence-corrected chi connectivity index (χ4v) is 0.898. The largest absolute Gasteiger partial charge is 0.450 e. The van der Waals surface area contributed by atoms with Crippen molar-refractivity contribution in [1.29, 1.82) is 0 Å². The molecule has 3 nitrogen and oxygen atoms in total. The van der Waals surface area contributed by atoms with Crippen LogP contribution in [0.25, 0.3) is 0 Å². The van der Waals surface area contributed by atoms with Crippen LogP contribution in [0.1, 0.15) is 20.3 Å². The van der Waals surface area contributed by atoms with E-state index in [1.807, 2.05) is 6.92 Å². The molecule has 0 saturated carbocycles. The molecule has 0 aliphatic heterocycles. The molecule has 0 heterocycles. The normalized spacial score (nSPS) is 9.17. The van der Waals surface area contributed by atoms with Crippen molar-refractivity contribution >= 4 is 6.09 Å². The van der Waals surface area contributed by atoms with Crippen LogP contribution in [-0.2, 0) is 4.74 Å². The molecule has 0 unspecified atom stereocenters. The second-order valence-corrected chi connectivity index (χ2v) is 2.43. The van der Waals surface area contributed by atoms with Gasteiger partial charge in [-0.3, -0.25) is 0 Å². The second-order valence-electron chi connectivity index (χ2n) is 2.43. The van der Waals surface area contributed by atoms with Crippen molar-refractivity contribution in [1.82, 2.24) is 4.90 Å². The summed E-state index contributed by atoms with van der Waals surface area (Å²) in [6.45, 7) is 9.12. The highest BCUT2D eigenvalue weighted by atomic mass is 16.6. The zero-order valence-electron chi connectivity index (χ0n) is 7.88. The minimum atomic E-state index is -0.251. The molecule has 3 heteroatoms. The van der Waals surface area contributed by atoms with Crippen LogP contribution < -0.4 is 0 Å². The molecule has 0 fully saturated rings. The van der Waals surface area contributed by atoms with Crippen molar-refractivity contribution in [3.05, 3.63) is 12.7 Å². The van der Waals surface area contributed by atoms with Crippen LogP contribution in [0.4, 0.5) is 4.79 Å². The molecule has 0 N–H and O–H groups in total. The van der Waals surface area contributed by atoms with E-state index in [0.29, 0.717) is 13.2 Å². The fraction of sp³-hybridized carbons (Fsp3) is 0.667. The SMILES string of the molecule is C=CCN(CCC)C(=O)OCC. The standard InChI is InChI=1S/C9H17NO2/c1-4-7-10(8-5-2)9(11)12-6-3/h4H,1,5-8H2,2-3H3. The number of carbonyl (C=O) groups is 1. The number of amides is 1. The van der Waals surface area contributed by atoms with Crippen LogP contribution in [0, 0.1) is 0 Å². The lowest BCUT2D eigenvalue weighted by molar-refractivity contribution is 0.111. The van der Waals surface area contributed by atoms with Gasteiger partial charge in [0.1, 0.15) is 0 Å². The third kappa shape index (κ3) is 4.01. The summed E-state index contributed by atoms with van der Waals surface area (Å²) in [5.41, 5.74) is 0. The lowest BCUT2D eigenvalue weighted by atomic mass is 10.4. The van der Waals surface area contributed by atoms with Gasteiger partial charge in [-0.1, -0.05) is 13.0 Å². The maximum atomic E-state index is 11.2. The van der Waals surface area contributed by atoms with E-state index in [4.69, 9.17) is 4.74 Å². The van der Waals surface area contributed by atoms with E-state index in [9.17, 15) is 4.79 Å². The van der Waals surface area contributed by atoms with Crippen molar-refractivity contribution in [3.8, 4) is 0 Å². The van der Waals surface area contributed by atoms with Gasteiger partial charge in [-0.2, -0.15) is 0 Å². The highest BCUT2D eigenvalue weighted by molar-refractivity contribution is 5.67. The Morgan fingerprint density at radius 2 is 2.25 bits per heavy atom. The van der Waals surface area contributed by atoms with Gasteiger partial charge in [0.2, 0.25) is 0 Å². The van der Waals surface area contributed by atoms with Gasteiger partial charge in [0.25, 0.3) is 0 Å². The average Bonchev–Trinajstić information content (AvgIpc) is 2.04. The third-order valence-electron chi connectivity index (χ3n) is 1.37. The van der Waals surface area contributed by atoms with Gasteiger partial charge in [0, 0.05) is 13.1 Å². The Morgan fingerprint density at radius 3 is 2.67 bits per heavy atom. The van der Waals surface area contributed by atoms with E-state index in [-0.39, 0.29) is 6.09 Å². The first kappa shape index (κ1) is 11.0. The molecule has 0 aliphatic rings. The van der Waals surface area contributed by atoms with Crippen molar-refractivity contribution in [2.75, 3.05) is 19.7 Å². The quantitative estimate of drug-likeness (QED) is 0.592. The molecule has 70 valence electrons. The first-order valence-corrected chi connectivity index (χ1v) is 4.28. The van der Waals surface area contributed by atoms with Gasteiger partial charge in [-0.05, 0) is 13.3 Å². The first-order valence-electron chi connectivity index (χ1n) is 4.28. The van der Waals surface area contributed by atoms with E-state index in [0.717, 1.165) is 13.0 Å². The summed E-state index contributed by atoms with van der Waals surface area (Å²) in [6, 6.07) is 0. The smallest absolute Gasteiger partial charge is 0.410 e. The first-order chi connectivity index (χ1) is 5.76. The van der Waals surface area contributed by atoms with Crippen LogP contribution in [0.5, 0.6) is 0 Å². The Bertz CT molecular complexity index is 145. The highest BCUT2D eigenvalue weighted by Crippen LogP contribution is 1.96. The second kappa shape index (κ2) is 6.70. The van der Waals surface area contributed by atoms with Crippen molar-refractivity contribution < 1.29 is 9.53 Å². The third-order valence-corrected chi connectivity index (χ3v) is 1.37. The number of ether oxygens (including phenoxy) is 1. The van der Waals surface area contributed by atoms with E-state index in [1.165, 1.54) is 0 Å². The molecule has 0 aromatic carbocycles. The predicted molar refractivity (Wildman–Crippen MR) is 49.1 cm³/mol. The summed E-state index contributed by atoms with van der Waals surface area (Å²) < 4.78 is 4.85. The minimum absolute atomic E-state index is 0.251. The number of carbonyl (C=O) groups excluding carboxylic acids is 1. The molecule has 0 saturated heterocycles. The maximum absolute atomic E-state index is 11.2. The molecule has 0 rings (SSSR count). The average molecular weight is 171 g/mol. The van der Waals surface area contributed by atoms with Crippen LogP contribution >= 0.6 is 0 Å². The Balaban J connectivity index is 3.89. The molecule has 0 spiro atoms. The van der Waals surface area contributed by atoms with Gasteiger partial charge < -0.3 is 9.64 Å². The number of nitrogens with zero attached hydrogens (tertiary/aromatic N) is 1. The van der Waals surface area contributed by atoms with Crippen molar-refractivity contribution in [3.63, 3.8) is 0 Å². The van der Waals surface area contributed by atoms with Crippen molar-refractivity contribution in [2.24, 2.45) is 0 Å². The van der Waals surface area contributed by atoms with Gasteiger partial charge >= 0.3 is 6.09 Å². The van der Waals surface area contributed by atoms with Gasteiger partial charge in [0.05, 0.1) is 6.61 Å². The van der Waals surface area contributed by atoms with E-state index >= 15 is 0 Å². The van der Waals surface area contributed by atoms with E-state index in [1.54, 1.807) is 17.9 Å². The van der Waals surface area contributed by atoms with E-state index < -0.39 is 0 Å². The Hall–Kier alpha value is -0.990. The summed E-state index contributed by atoms with van der Waals surface area (Å²) in [4.78, 5) is 12.8. The predicted octanol–water partition coefficient (Wildman–Crippen LogP) is 2.04.